The molecule has 0 spiro atoms. The molecule has 17 heavy (non-hydrogen) atoms. The highest BCUT2D eigenvalue weighted by atomic mass is 15.1. The van der Waals surface area contributed by atoms with Crippen molar-refractivity contribution in [1.29, 1.82) is 0 Å². The monoisotopic (exact) mass is 230 g/mol. The zero-order chi connectivity index (χ0) is 11.5. The summed E-state index contributed by atoms with van der Waals surface area (Å²) in [7, 11) is 0. The van der Waals surface area contributed by atoms with Gasteiger partial charge in [-0.1, -0.05) is 24.6 Å². The van der Waals surface area contributed by atoms with Crippen molar-refractivity contribution in [2.45, 2.75) is 38.8 Å². The van der Waals surface area contributed by atoms with E-state index in [-0.39, 0.29) is 0 Å². The molecule has 92 valence electrons. The Morgan fingerprint density at radius 1 is 1.06 bits per heavy atom. The van der Waals surface area contributed by atoms with Crippen molar-refractivity contribution in [3.8, 4) is 0 Å². The summed E-state index contributed by atoms with van der Waals surface area (Å²) in [6.07, 6.45) is 5.38. The third kappa shape index (κ3) is 2.70. The van der Waals surface area contributed by atoms with E-state index in [1.165, 1.54) is 49.9 Å². The molecule has 1 fully saturated rings. The number of nitrogens with one attached hydrogen (secondary N) is 1. The molecule has 0 amide bonds. The lowest BCUT2D eigenvalue weighted by molar-refractivity contribution is 0.221. The second-order valence-electron chi connectivity index (χ2n) is 5.37. The third-order valence-corrected chi connectivity index (χ3v) is 4.01. The van der Waals surface area contributed by atoms with Gasteiger partial charge < -0.3 is 5.32 Å². The molecule has 1 N–H and O–H groups in total. The summed E-state index contributed by atoms with van der Waals surface area (Å²) in [5.74, 6) is 0. The number of hydrogen-bond donors (Lipinski definition) is 1. The molecule has 0 unspecified atom stereocenters. The molecule has 0 aliphatic carbocycles. The summed E-state index contributed by atoms with van der Waals surface area (Å²) in [5.41, 5.74) is 4.56. The molecular weight excluding hydrogens is 208 g/mol. The molecule has 0 bridgehead atoms. The van der Waals surface area contributed by atoms with Crippen LogP contribution in [0.1, 0.15) is 36.0 Å². The van der Waals surface area contributed by atoms with Crippen LogP contribution < -0.4 is 5.32 Å². The number of nitrogens with zero attached hydrogens (tertiary/aromatic N) is 1. The lowest BCUT2D eigenvalue weighted by atomic mass is 9.98. The predicted molar refractivity (Wildman–Crippen MR) is 71.0 cm³/mol. The van der Waals surface area contributed by atoms with Gasteiger partial charge in [-0.05, 0) is 55.6 Å². The molecule has 1 aromatic rings. The molecule has 1 aromatic carbocycles. The van der Waals surface area contributed by atoms with Gasteiger partial charge in [0.05, 0.1) is 0 Å². The van der Waals surface area contributed by atoms with Crippen LogP contribution in [0.15, 0.2) is 18.2 Å². The fraction of sp³-hybridized carbons (Fsp3) is 0.600. The van der Waals surface area contributed by atoms with Gasteiger partial charge in [0.15, 0.2) is 0 Å². The Morgan fingerprint density at radius 2 is 1.94 bits per heavy atom. The predicted octanol–water partition coefficient (Wildman–Crippen LogP) is 2.32. The molecule has 1 saturated heterocycles. The van der Waals surface area contributed by atoms with Crippen LogP contribution in [-0.2, 0) is 19.5 Å². The smallest absolute Gasteiger partial charge is 0.0233 e. The minimum absolute atomic E-state index is 1.06. The molecule has 2 nitrogen and oxygen atoms in total. The van der Waals surface area contributed by atoms with Gasteiger partial charge >= 0.3 is 0 Å². The summed E-state index contributed by atoms with van der Waals surface area (Å²) in [6, 6.07) is 7.09. The Labute approximate surface area is 104 Å². The van der Waals surface area contributed by atoms with E-state index >= 15 is 0 Å². The number of piperidine rings is 1. The highest BCUT2D eigenvalue weighted by Gasteiger charge is 2.12. The maximum Gasteiger partial charge on any atom is 0.0233 e. The molecule has 2 heteroatoms. The van der Waals surface area contributed by atoms with E-state index in [9.17, 15) is 0 Å². The molecule has 2 heterocycles. The Morgan fingerprint density at radius 3 is 2.82 bits per heavy atom. The second kappa shape index (κ2) is 5.19. The molecule has 3 rings (SSSR count). The average Bonchev–Trinajstić information content (AvgIpc) is 2.40. The van der Waals surface area contributed by atoms with Crippen molar-refractivity contribution in [1.82, 2.24) is 10.2 Å². The average molecular weight is 230 g/mol. The Balaban J connectivity index is 1.70. The number of benzene rings is 1. The van der Waals surface area contributed by atoms with E-state index in [1.807, 2.05) is 0 Å². The number of fused-ring (bicyclic) bond motifs is 1. The van der Waals surface area contributed by atoms with Gasteiger partial charge in [-0.25, -0.2) is 0 Å². The van der Waals surface area contributed by atoms with Crippen LogP contribution in [0.3, 0.4) is 0 Å². The Bertz CT molecular complexity index is 381. The van der Waals surface area contributed by atoms with Crippen LogP contribution >= 0.6 is 0 Å². The van der Waals surface area contributed by atoms with Gasteiger partial charge in [-0.3, -0.25) is 4.90 Å². The quantitative estimate of drug-likeness (QED) is 0.839. The third-order valence-electron chi connectivity index (χ3n) is 4.01. The van der Waals surface area contributed by atoms with Gasteiger partial charge in [-0.15, -0.1) is 0 Å². The van der Waals surface area contributed by atoms with Crippen LogP contribution in [0.25, 0.3) is 0 Å². The fourth-order valence-electron chi connectivity index (χ4n) is 3.01. The van der Waals surface area contributed by atoms with Gasteiger partial charge in [0, 0.05) is 13.1 Å². The van der Waals surface area contributed by atoms with E-state index in [2.05, 4.69) is 28.4 Å². The van der Waals surface area contributed by atoms with Gasteiger partial charge in [0.2, 0.25) is 0 Å². The Hall–Kier alpha value is -0.860. The molecule has 2 aliphatic heterocycles. The molecule has 0 aromatic heterocycles. The zero-order valence-electron chi connectivity index (χ0n) is 10.5. The number of likely N-dealkylation sites (tertiary alicyclic amines) is 1. The fourth-order valence-corrected chi connectivity index (χ4v) is 3.01. The summed E-state index contributed by atoms with van der Waals surface area (Å²) in [5, 5.41) is 3.46. The summed E-state index contributed by atoms with van der Waals surface area (Å²) >= 11 is 0. The van der Waals surface area contributed by atoms with Gasteiger partial charge in [0.25, 0.3) is 0 Å². The van der Waals surface area contributed by atoms with Crippen LogP contribution in [0.4, 0.5) is 0 Å². The maximum atomic E-state index is 3.46. The van der Waals surface area contributed by atoms with Crippen LogP contribution in [-0.4, -0.2) is 24.5 Å². The standard InChI is InChI=1S/C15H22N2/c1-2-8-17(9-3-1)12-13-4-5-14-6-7-16-11-15(14)10-13/h4-5,10,16H,1-3,6-9,11-12H2. The molecule has 0 saturated carbocycles. The highest BCUT2D eigenvalue weighted by molar-refractivity contribution is 5.33. The first kappa shape index (κ1) is 11.2. The maximum absolute atomic E-state index is 3.46. The first-order valence-corrected chi connectivity index (χ1v) is 6.95. The van der Waals surface area contributed by atoms with E-state index in [1.54, 1.807) is 5.56 Å². The van der Waals surface area contributed by atoms with Crippen molar-refractivity contribution in [2.75, 3.05) is 19.6 Å². The number of rotatable bonds is 2. The van der Waals surface area contributed by atoms with Crippen LogP contribution in [0, 0.1) is 0 Å². The first-order chi connectivity index (χ1) is 8.42. The largest absolute Gasteiger partial charge is 0.312 e. The topological polar surface area (TPSA) is 15.3 Å². The van der Waals surface area contributed by atoms with E-state index in [0.29, 0.717) is 0 Å². The minimum atomic E-state index is 1.06. The van der Waals surface area contributed by atoms with Crippen molar-refractivity contribution in [2.24, 2.45) is 0 Å². The van der Waals surface area contributed by atoms with Crippen LogP contribution in [0.2, 0.25) is 0 Å². The molecular formula is C15H22N2. The van der Waals surface area contributed by atoms with Crippen molar-refractivity contribution in [3.63, 3.8) is 0 Å². The van der Waals surface area contributed by atoms with Gasteiger partial charge in [0.1, 0.15) is 0 Å². The first-order valence-electron chi connectivity index (χ1n) is 6.95. The SMILES string of the molecule is c1cc2c(cc1CN1CCCCC1)CNCC2. The lowest BCUT2D eigenvalue weighted by Gasteiger charge is -2.27. The van der Waals surface area contributed by atoms with Crippen molar-refractivity contribution < 1.29 is 0 Å². The molecule has 0 atom stereocenters. The second-order valence-corrected chi connectivity index (χ2v) is 5.37. The molecule has 2 aliphatic rings. The van der Waals surface area contributed by atoms with E-state index in [4.69, 9.17) is 0 Å². The van der Waals surface area contributed by atoms with E-state index < -0.39 is 0 Å². The minimum Gasteiger partial charge on any atom is -0.312 e. The summed E-state index contributed by atoms with van der Waals surface area (Å²) < 4.78 is 0. The summed E-state index contributed by atoms with van der Waals surface area (Å²) in [6.45, 7) is 5.92. The lowest BCUT2D eigenvalue weighted by Crippen LogP contribution is -2.29. The summed E-state index contributed by atoms with van der Waals surface area (Å²) in [4.78, 5) is 2.60. The zero-order valence-corrected chi connectivity index (χ0v) is 10.5. The normalized spacial score (nSPS) is 21.2. The highest BCUT2D eigenvalue weighted by Crippen LogP contribution is 2.18. The van der Waals surface area contributed by atoms with Crippen molar-refractivity contribution in [3.05, 3.63) is 34.9 Å². The Kier molecular flexibility index (Phi) is 3.44. The van der Waals surface area contributed by atoms with E-state index in [0.717, 1.165) is 19.6 Å². The van der Waals surface area contributed by atoms with Crippen molar-refractivity contribution >= 4 is 0 Å². The number of hydrogen-bond acceptors (Lipinski definition) is 2. The van der Waals surface area contributed by atoms with Gasteiger partial charge in [-0.2, -0.15) is 0 Å². The van der Waals surface area contributed by atoms with Crippen LogP contribution in [0.5, 0.6) is 0 Å². The molecule has 0 radical (unpaired) electrons.